The molecule has 2 aromatic carbocycles. The molecule has 2 aromatic rings. The molecule has 0 bridgehead atoms. The molecule has 4 aliphatic carbocycles. The van der Waals surface area contributed by atoms with Crippen molar-refractivity contribution in [2.45, 2.75) is 94.6 Å². The van der Waals surface area contributed by atoms with Crippen LogP contribution in [0.2, 0.25) is 0 Å². The molecule has 17 heteroatoms. The summed E-state index contributed by atoms with van der Waals surface area (Å²) in [5.41, 5.74) is -2.74. The summed E-state index contributed by atoms with van der Waals surface area (Å²) in [6, 6.07) is 12.2. The van der Waals surface area contributed by atoms with Crippen LogP contribution in [0.25, 0.3) is 0 Å². The van der Waals surface area contributed by atoms with Gasteiger partial charge in [-0.3, -0.25) is 28.8 Å². The van der Waals surface area contributed by atoms with Crippen molar-refractivity contribution in [3.8, 4) is 0 Å². The minimum Gasteiger partial charge on any atom is -0.481 e. The van der Waals surface area contributed by atoms with Crippen molar-refractivity contribution in [2.24, 2.45) is 22.7 Å². The van der Waals surface area contributed by atoms with Crippen LogP contribution in [0.3, 0.4) is 0 Å². The van der Waals surface area contributed by atoms with Crippen LogP contribution in [-0.4, -0.2) is 92.2 Å². The number of anilines is 1. The fraction of sp³-hybridized carbons (Fsp3) is 0.500. The normalized spacial score (nSPS) is 32.7. The third-order valence-electron chi connectivity index (χ3n) is 13.6. The minimum atomic E-state index is -2.12. The lowest BCUT2D eigenvalue weighted by molar-refractivity contribution is -0.228. The summed E-state index contributed by atoms with van der Waals surface area (Å²) in [5.74, 6) is -4.22. The lowest BCUT2D eigenvalue weighted by Crippen LogP contribution is -2.69. The number of hydrogen-bond donors (Lipinski definition) is 5. The number of carbonyl (C=O) groups is 6. The monoisotopic (exact) mass is 927 g/mol. The second kappa shape index (κ2) is 17.5. The number of halogens is 3. The lowest BCUT2D eigenvalue weighted by atomic mass is 9.45. The Morgan fingerprint density at radius 3 is 2.51 bits per heavy atom. The van der Waals surface area contributed by atoms with Crippen molar-refractivity contribution in [2.75, 3.05) is 23.2 Å². The number of carboxylic acids is 1. The first-order chi connectivity index (χ1) is 29.0. The highest BCUT2D eigenvalue weighted by atomic mass is 79.9. The third kappa shape index (κ3) is 8.00. The maximum atomic E-state index is 17.8. The Kier molecular flexibility index (Phi) is 12.8. The molecule has 0 radical (unpaired) electrons. The number of ether oxygens (including phenoxy) is 2. The van der Waals surface area contributed by atoms with Gasteiger partial charge in [-0.05, 0) is 86.8 Å². The Bertz CT molecular complexity index is 2180. The average Bonchev–Trinajstić information content (AvgIpc) is 3.73. The SMILES string of the molecule is C[C@]12C=CC(=O)C=C1CC[C@H]1[C@@H]3C[C@H]4O[C@@H](c5cccc(Cc6ccc(NC(=O)[C@H](CCC(=O)O)NC(=O)CNC(=O)CBr)cc6)c5)O[C@@]4(C(=O)SCF)[C@@]3(C)C[C@H](O)[C@@]12F. The maximum Gasteiger partial charge on any atom is 0.303 e. The number of aliphatic hydroxyl groups excluding tert-OH is 1. The van der Waals surface area contributed by atoms with Crippen molar-refractivity contribution < 1.29 is 57.2 Å². The van der Waals surface area contributed by atoms with Crippen LogP contribution in [0.5, 0.6) is 0 Å². The van der Waals surface area contributed by atoms with Crippen molar-refractivity contribution in [3.63, 3.8) is 0 Å². The molecule has 1 aliphatic heterocycles. The molecule has 3 saturated carbocycles. The van der Waals surface area contributed by atoms with Gasteiger partial charge in [0.2, 0.25) is 22.8 Å². The lowest BCUT2D eigenvalue weighted by Gasteiger charge is -2.62. The highest BCUT2D eigenvalue weighted by Gasteiger charge is 2.79. The molecule has 0 aromatic heterocycles. The topological polar surface area (TPSA) is 197 Å². The van der Waals surface area contributed by atoms with E-state index >= 15 is 4.39 Å². The summed E-state index contributed by atoms with van der Waals surface area (Å²) < 4.78 is 45.1. The van der Waals surface area contributed by atoms with Gasteiger partial charge in [0, 0.05) is 34.4 Å². The van der Waals surface area contributed by atoms with E-state index < -0.39 is 93.3 Å². The van der Waals surface area contributed by atoms with E-state index in [2.05, 4.69) is 31.9 Å². The van der Waals surface area contributed by atoms with Gasteiger partial charge in [-0.25, -0.2) is 8.78 Å². The maximum absolute atomic E-state index is 17.8. The van der Waals surface area contributed by atoms with E-state index in [1.165, 1.54) is 12.2 Å². The van der Waals surface area contributed by atoms with Gasteiger partial charge < -0.3 is 35.6 Å². The van der Waals surface area contributed by atoms with Crippen LogP contribution >= 0.6 is 27.7 Å². The zero-order valence-corrected chi connectivity index (χ0v) is 36.0. The van der Waals surface area contributed by atoms with Gasteiger partial charge in [-0.15, -0.1) is 0 Å². The van der Waals surface area contributed by atoms with Gasteiger partial charge in [-0.2, -0.15) is 0 Å². The van der Waals surface area contributed by atoms with E-state index in [1.807, 2.05) is 25.1 Å². The molecule has 7 rings (SSSR count). The molecule has 326 valence electrons. The van der Waals surface area contributed by atoms with E-state index in [0.29, 0.717) is 47.8 Å². The number of aliphatic carboxylic acids is 1. The number of allylic oxidation sites excluding steroid dienone is 4. The van der Waals surface area contributed by atoms with Gasteiger partial charge in [0.25, 0.3) is 0 Å². The van der Waals surface area contributed by atoms with Crippen LogP contribution in [-0.2, 0) is 44.7 Å². The summed E-state index contributed by atoms with van der Waals surface area (Å²) in [5, 5.41) is 28.0. The van der Waals surface area contributed by atoms with Crippen LogP contribution in [0.4, 0.5) is 14.5 Å². The van der Waals surface area contributed by atoms with Crippen molar-refractivity contribution in [1.29, 1.82) is 0 Å². The summed E-state index contributed by atoms with van der Waals surface area (Å²) in [7, 11) is 0. The molecule has 5 aliphatic rings. The molecule has 0 unspecified atom stereocenters. The molecule has 10 atom stereocenters. The predicted octanol–water partition coefficient (Wildman–Crippen LogP) is 5.40. The van der Waals surface area contributed by atoms with E-state index in [0.717, 1.165) is 11.1 Å². The smallest absolute Gasteiger partial charge is 0.303 e. The standard InChI is InChI=1S/C44H48BrF2N3O10S/c1-41-15-14-29(51)18-27(41)8-11-30-31-19-34-44(40(58)61-23-46,42(31,2)20-33(52)43(30,41)47)60-39(59-34)26-5-3-4-25(17-26)16-24-6-9-28(10-7-24)49-38(57)32(12-13-37(55)56)50-36(54)22-48-35(53)21-45/h3-7,9-10,14-15,17-18,30-34,39,52H,8,11-13,16,19-23H2,1-2H3,(H,48,53)(H,49,57)(H,50,54)(H,55,56)/t30-,31-,32-,33-,34+,39+,41-,42-,43-,44-/m0/s1. The number of hydrogen-bond acceptors (Lipinski definition) is 10. The molecule has 5 N–H and O–H groups in total. The molecule has 0 spiro atoms. The molecular formula is C44H48BrF2N3O10S. The number of alkyl halides is 3. The van der Waals surface area contributed by atoms with Crippen LogP contribution in [0, 0.1) is 22.7 Å². The highest BCUT2D eigenvalue weighted by Crippen LogP contribution is 2.73. The molecule has 13 nitrogen and oxygen atoms in total. The van der Waals surface area contributed by atoms with Crippen LogP contribution in [0.15, 0.2) is 72.3 Å². The largest absolute Gasteiger partial charge is 0.481 e. The van der Waals surface area contributed by atoms with Crippen LogP contribution < -0.4 is 16.0 Å². The Labute approximate surface area is 364 Å². The Balaban J connectivity index is 1.05. The van der Waals surface area contributed by atoms with Crippen LogP contribution in [0.1, 0.15) is 75.4 Å². The Morgan fingerprint density at radius 2 is 1.80 bits per heavy atom. The number of thioether (sulfide) groups is 1. The summed E-state index contributed by atoms with van der Waals surface area (Å²) in [4.78, 5) is 74.6. The fourth-order valence-corrected chi connectivity index (χ4v) is 11.6. The Morgan fingerprint density at radius 1 is 1.05 bits per heavy atom. The number of fused-ring (bicyclic) bond motifs is 7. The van der Waals surface area contributed by atoms with E-state index in [4.69, 9.17) is 14.6 Å². The van der Waals surface area contributed by atoms with Gasteiger partial charge in [0.15, 0.2) is 23.3 Å². The molecular weight excluding hydrogens is 880 g/mol. The fourth-order valence-electron chi connectivity index (χ4n) is 10.6. The van der Waals surface area contributed by atoms with Crippen molar-refractivity contribution in [1.82, 2.24) is 10.6 Å². The number of nitrogens with one attached hydrogen (secondary N) is 3. The second-order valence-electron chi connectivity index (χ2n) is 16.9. The number of amides is 3. The molecule has 1 saturated heterocycles. The second-order valence-corrected chi connectivity index (χ2v) is 18.4. The summed E-state index contributed by atoms with van der Waals surface area (Å²) in [6.45, 7) is 3.17. The summed E-state index contributed by atoms with van der Waals surface area (Å²) in [6.07, 6.45) is 1.86. The van der Waals surface area contributed by atoms with Crippen molar-refractivity contribution >= 4 is 68.0 Å². The third-order valence-corrected chi connectivity index (χ3v) is 14.8. The first kappa shape index (κ1) is 44.8. The van der Waals surface area contributed by atoms with E-state index in [9.17, 15) is 38.3 Å². The number of carboxylic acid groups (broad SMARTS) is 1. The zero-order chi connectivity index (χ0) is 43.9. The quantitative estimate of drug-likeness (QED) is 0.152. The number of rotatable bonds is 14. The minimum absolute atomic E-state index is 0.0137. The molecule has 4 fully saturated rings. The average molecular weight is 929 g/mol. The predicted molar refractivity (Wildman–Crippen MR) is 224 cm³/mol. The van der Waals surface area contributed by atoms with E-state index in [-0.39, 0.29) is 43.3 Å². The Hall–Kier alpha value is -4.29. The van der Waals surface area contributed by atoms with Gasteiger partial charge >= 0.3 is 5.97 Å². The molecule has 3 amide bonds. The first-order valence-electron chi connectivity index (χ1n) is 20.2. The van der Waals surface area contributed by atoms with Gasteiger partial charge in [-0.1, -0.05) is 82.7 Å². The summed E-state index contributed by atoms with van der Waals surface area (Å²) >= 11 is 3.47. The number of ketones is 1. The first-order valence-corrected chi connectivity index (χ1v) is 22.3. The van der Waals surface area contributed by atoms with Crippen molar-refractivity contribution in [3.05, 3.63) is 89.0 Å². The van der Waals surface area contributed by atoms with E-state index in [1.54, 1.807) is 43.3 Å². The molecule has 61 heavy (non-hydrogen) atoms. The number of aliphatic hydroxyl groups is 1. The van der Waals surface area contributed by atoms with Gasteiger partial charge in [0.05, 0.1) is 24.1 Å². The highest BCUT2D eigenvalue weighted by molar-refractivity contribution is 9.09. The zero-order valence-electron chi connectivity index (χ0n) is 33.6. The number of benzene rings is 2. The number of carbonyl (C=O) groups excluding carboxylic acids is 5. The van der Waals surface area contributed by atoms with Gasteiger partial charge in [0.1, 0.15) is 12.0 Å². The molecule has 1 heterocycles.